The van der Waals surface area contributed by atoms with Gasteiger partial charge in [0.05, 0.1) is 12.7 Å². The van der Waals surface area contributed by atoms with Crippen molar-refractivity contribution in [1.29, 1.82) is 0 Å². The summed E-state index contributed by atoms with van der Waals surface area (Å²) < 4.78 is 5.21. The van der Waals surface area contributed by atoms with Gasteiger partial charge in [-0.1, -0.05) is 45.0 Å². The molecule has 0 saturated carbocycles. The molecule has 0 radical (unpaired) electrons. The number of aromatic nitrogens is 1. The van der Waals surface area contributed by atoms with Crippen LogP contribution in [0.2, 0.25) is 0 Å². The van der Waals surface area contributed by atoms with Crippen LogP contribution in [0.3, 0.4) is 0 Å². The molecule has 0 aliphatic rings. The number of nitrogens with one attached hydrogen (secondary N) is 1. The van der Waals surface area contributed by atoms with E-state index in [1.165, 1.54) is 17.5 Å². The van der Waals surface area contributed by atoms with Crippen LogP contribution in [0.5, 0.6) is 0 Å². The van der Waals surface area contributed by atoms with E-state index in [0.717, 1.165) is 5.76 Å². The summed E-state index contributed by atoms with van der Waals surface area (Å²) in [6.07, 6.45) is 3.20. The highest BCUT2D eigenvalue weighted by atomic mass is 16.3. The molecule has 3 nitrogen and oxygen atoms in total. The Bertz CT molecular complexity index is 495. The van der Waals surface area contributed by atoms with Crippen LogP contribution in [0, 0.1) is 0 Å². The molecule has 0 aliphatic heterocycles. The third-order valence-electron chi connectivity index (χ3n) is 3.34. The van der Waals surface area contributed by atoms with Crippen molar-refractivity contribution in [3.63, 3.8) is 0 Å². The molecule has 3 heteroatoms. The zero-order valence-corrected chi connectivity index (χ0v) is 12.1. The van der Waals surface area contributed by atoms with Gasteiger partial charge < -0.3 is 9.73 Å². The van der Waals surface area contributed by atoms with Gasteiger partial charge in [0.25, 0.3) is 0 Å². The minimum absolute atomic E-state index is 0.203. The first-order valence-corrected chi connectivity index (χ1v) is 6.68. The predicted octanol–water partition coefficient (Wildman–Crippen LogP) is 3.82. The zero-order chi connectivity index (χ0) is 13.9. The van der Waals surface area contributed by atoms with Crippen LogP contribution in [0.1, 0.15) is 50.6 Å². The van der Waals surface area contributed by atoms with Crippen molar-refractivity contribution < 1.29 is 4.42 Å². The number of hydrogen-bond donors (Lipinski definition) is 1. The highest BCUT2D eigenvalue weighted by Crippen LogP contribution is 2.23. The summed E-state index contributed by atoms with van der Waals surface area (Å²) in [6.45, 7) is 9.54. The quantitative estimate of drug-likeness (QED) is 0.906. The van der Waals surface area contributed by atoms with Crippen molar-refractivity contribution in [2.24, 2.45) is 0 Å². The molecule has 0 spiro atoms. The molecule has 0 amide bonds. The van der Waals surface area contributed by atoms with Crippen molar-refractivity contribution in [2.75, 3.05) is 0 Å². The molecule has 1 atom stereocenters. The Kier molecular flexibility index (Phi) is 4.05. The van der Waals surface area contributed by atoms with Gasteiger partial charge in [0, 0.05) is 6.04 Å². The van der Waals surface area contributed by atoms with Gasteiger partial charge in [0.2, 0.25) is 0 Å². The van der Waals surface area contributed by atoms with Gasteiger partial charge in [-0.05, 0) is 23.5 Å². The van der Waals surface area contributed by atoms with Crippen molar-refractivity contribution >= 4 is 0 Å². The summed E-state index contributed by atoms with van der Waals surface area (Å²) in [4.78, 5) is 3.90. The van der Waals surface area contributed by atoms with Gasteiger partial charge >= 0.3 is 0 Å². The average molecular weight is 258 g/mol. The molecule has 0 saturated heterocycles. The van der Waals surface area contributed by atoms with Gasteiger partial charge in [-0.3, -0.25) is 0 Å². The Morgan fingerprint density at radius 1 is 1.21 bits per heavy atom. The van der Waals surface area contributed by atoms with E-state index in [1.807, 2.05) is 0 Å². The first kappa shape index (κ1) is 13.8. The zero-order valence-electron chi connectivity index (χ0n) is 12.1. The van der Waals surface area contributed by atoms with E-state index >= 15 is 0 Å². The highest BCUT2D eigenvalue weighted by molar-refractivity contribution is 5.29. The fourth-order valence-corrected chi connectivity index (χ4v) is 1.97. The minimum atomic E-state index is 0.203. The Hall–Kier alpha value is -1.61. The van der Waals surface area contributed by atoms with Gasteiger partial charge in [0.15, 0.2) is 6.39 Å². The van der Waals surface area contributed by atoms with Gasteiger partial charge in [-0.25, -0.2) is 4.98 Å². The smallest absolute Gasteiger partial charge is 0.180 e. The largest absolute Gasteiger partial charge is 0.447 e. The van der Waals surface area contributed by atoms with Crippen LogP contribution in [-0.2, 0) is 12.0 Å². The third-order valence-corrected chi connectivity index (χ3v) is 3.34. The molecule has 1 unspecified atom stereocenters. The van der Waals surface area contributed by atoms with E-state index < -0.39 is 0 Å². The molecule has 2 aromatic rings. The van der Waals surface area contributed by atoms with Crippen molar-refractivity contribution in [3.8, 4) is 0 Å². The first-order chi connectivity index (χ1) is 8.97. The van der Waals surface area contributed by atoms with E-state index in [2.05, 4.69) is 62.3 Å². The van der Waals surface area contributed by atoms with Crippen molar-refractivity contribution in [1.82, 2.24) is 10.3 Å². The molecule has 1 heterocycles. The second kappa shape index (κ2) is 5.57. The number of hydrogen-bond acceptors (Lipinski definition) is 3. The molecule has 1 N–H and O–H groups in total. The average Bonchev–Trinajstić information content (AvgIpc) is 2.88. The molecule has 1 aromatic heterocycles. The standard InChI is InChI=1S/C16H22N2O/c1-12(18-10-15-9-17-11-19-15)13-5-7-14(8-6-13)16(2,3)4/h5-9,11-12,18H,10H2,1-4H3. The maximum atomic E-state index is 5.21. The molecule has 0 fully saturated rings. The molecular formula is C16H22N2O. The summed E-state index contributed by atoms with van der Waals surface area (Å²) in [5, 5.41) is 3.43. The molecule has 2 rings (SSSR count). The first-order valence-electron chi connectivity index (χ1n) is 6.68. The number of nitrogens with zero attached hydrogens (tertiary/aromatic N) is 1. The molecule has 102 valence electrons. The lowest BCUT2D eigenvalue weighted by molar-refractivity contribution is 0.457. The molecule has 0 bridgehead atoms. The second-order valence-corrected chi connectivity index (χ2v) is 5.94. The molecular weight excluding hydrogens is 236 g/mol. The summed E-state index contributed by atoms with van der Waals surface area (Å²) >= 11 is 0. The van der Waals surface area contributed by atoms with Crippen LogP contribution in [0.15, 0.2) is 41.3 Å². The number of oxazole rings is 1. The second-order valence-electron chi connectivity index (χ2n) is 5.94. The van der Waals surface area contributed by atoms with E-state index in [4.69, 9.17) is 4.42 Å². The van der Waals surface area contributed by atoms with E-state index in [0.29, 0.717) is 12.6 Å². The fourth-order valence-electron chi connectivity index (χ4n) is 1.97. The summed E-state index contributed by atoms with van der Waals surface area (Å²) in [5.41, 5.74) is 2.85. The summed E-state index contributed by atoms with van der Waals surface area (Å²) in [7, 11) is 0. The topological polar surface area (TPSA) is 38.1 Å². The van der Waals surface area contributed by atoms with Gasteiger partial charge in [-0.2, -0.15) is 0 Å². The predicted molar refractivity (Wildman–Crippen MR) is 76.9 cm³/mol. The highest BCUT2D eigenvalue weighted by Gasteiger charge is 2.14. The van der Waals surface area contributed by atoms with Crippen molar-refractivity contribution in [2.45, 2.75) is 45.7 Å². The van der Waals surface area contributed by atoms with Crippen LogP contribution >= 0.6 is 0 Å². The van der Waals surface area contributed by atoms with Crippen molar-refractivity contribution in [3.05, 3.63) is 53.7 Å². The van der Waals surface area contributed by atoms with Crippen LogP contribution in [0.25, 0.3) is 0 Å². The lowest BCUT2D eigenvalue weighted by atomic mass is 9.86. The monoisotopic (exact) mass is 258 g/mol. The van der Waals surface area contributed by atoms with Crippen LogP contribution < -0.4 is 5.32 Å². The maximum absolute atomic E-state index is 5.21. The molecule has 19 heavy (non-hydrogen) atoms. The van der Waals surface area contributed by atoms with E-state index in [-0.39, 0.29) is 5.41 Å². The van der Waals surface area contributed by atoms with Gasteiger partial charge in [-0.15, -0.1) is 0 Å². The normalized spacial score (nSPS) is 13.5. The van der Waals surface area contributed by atoms with Gasteiger partial charge in [0.1, 0.15) is 5.76 Å². The van der Waals surface area contributed by atoms with E-state index in [1.54, 1.807) is 6.20 Å². The maximum Gasteiger partial charge on any atom is 0.180 e. The summed E-state index contributed by atoms with van der Waals surface area (Å²) in [6, 6.07) is 9.10. The third kappa shape index (κ3) is 3.67. The lowest BCUT2D eigenvalue weighted by Gasteiger charge is -2.20. The molecule has 0 aliphatic carbocycles. The number of benzene rings is 1. The Morgan fingerprint density at radius 3 is 2.42 bits per heavy atom. The number of rotatable bonds is 4. The molecule has 1 aromatic carbocycles. The summed E-state index contributed by atoms with van der Waals surface area (Å²) in [5.74, 6) is 0.859. The lowest BCUT2D eigenvalue weighted by Crippen LogP contribution is -2.18. The Balaban J connectivity index is 1.97. The SMILES string of the molecule is CC(NCc1cnco1)c1ccc(C(C)(C)C)cc1. The van der Waals surface area contributed by atoms with E-state index in [9.17, 15) is 0 Å². The minimum Gasteiger partial charge on any atom is -0.447 e. The fraction of sp³-hybridized carbons (Fsp3) is 0.438. The van der Waals surface area contributed by atoms with Crippen LogP contribution in [-0.4, -0.2) is 4.98 Å². The Labute approximate surface area is 115 Å². The Morgan fingerprint density at radius 2 is 1.89 bits per heavy atom. The van der Waals surface area contributed by atoms with Crippen LogP contribution in [0.4, 0.5) is 0 Å².